The monoisotopic (exact) mass is 475 g/mol. The van der Waals surface area contributed by atoms with Gasteiger partial charge in [0.25, 0.3) is 0 Å². The van der Waals surface area contributed by atoms with Crippen molar-refractivity contribution in [3.63, 3.8) is 0 Å². The van der Waals surface area contributed by atoms with Crippen LogP contribution in [0.1, 0.15) is 63.9 Å². The summed E-state index contributed by atoms with van der Waals surface area (Å²) >= 11 is 0. The van der Waals surface area contributed by atoms with Crippen LogP contribution in [0.15, 0.2) is 47.1 Å². The van der Waals surface area contributed by atoms with E-state index in [1.54, 1.807) is 13.0 Å². The van der Waals surface area contributed by atoms with Crippen molar-refractivity contribution < 1.29 is 19.1 Å². The minimum atomic E-state index is -1.16. The van der Waals surface area contributed by atoms with E-state index in [2.05, 4.69) is 48.3 Å². The van der Waals surface area contributed by atoms with E-state index in [4.69, 9.17) is 0 Å². The fraction of sp³-hybridized carbons (Fsp3) is 0.533. The molecule has 0 aromatic heterocycles. The largest absolute Gasteiger partial charge is 0.388 e. The number of anilines is 1. The number of fused-ring (bicyclic) bond motifs is 4. The second-order valence-corrected chi connectivity index (χ2v) is 10.9. The average molecular weight is 476 g/mol. The van der Waals surface area contributed by atoms with Gasteiger partial charge in [-0.15, -0.1) is 0 Å². The molecule has 0 amide bonds. The van der Waals surface area contributed by atoms with Crippen molar-refractivity contribution in [2.45, 2.75) is 64.5 Å². The van der Waals surface area contributed by atoms with Crippen molar-refractivity contribution >= 4 is 17.3 Å². The van der Waals surface area contributed by atoms with Gasteiger partial charge in [0, 0.05) is 25.1 Å². The number of benzene rings is 1. The molecule has 1 unspecified atom stereocenters. The summed E-state index contributed by atoms with van der Waals surface area (Å²) < 4.78 is 15.6. The Kier molecular flexibility index (Phi) is 6.00. The molecule has 6 atom stereocenters. The first-order valence-electron chi connectivity index (χ1n) is 12.8. The van der Waals surface area contributed by atoms with Crippen LogP contribution in [-0.2, 0) is 9.59 Å². The standard InChI is InChI=1S/C30H34FNO3/c1-18(34)30(12-4-14-33)13-11-26-24-16-27(31)23-15-21(35)9-10-22(23)28(24)25(17-29(26,30)2)19-5-7-20(32-3)8-6-19/h5-8,15,24-27,32-33H,9-11,13-14,16-17H2,1-3H3/t24-,25+,26-,27?,29-,30+/m0/s1. The maximum absolute atomic E-state index is 15.6. The molecule has 0 saturated heterocycles. The number of nitrogens with one attached hydrogen (secondary N) is 1. The lowest BCUT2D eigenvalue weighted by atomic mass is 9.48. The molecule has 2 fully saturated rings. The van der Waals surface area contributed by atoms with Gasteiger partial charge in [-0.1, -0.05) is 36.5 Å². The highest BCUT2D eigenvalue weighted by Gasteiger charge is 2.65. The number of carbonyl (C=O) groups excluding carboxylic acids is 2. The quantitative estimate of drug-likeness (QED) is 0.594. The van der Waals surface area contributed by atoms with E-state index in [9.17, 15) is 14.7 Å². The second kappa shape index (κ2) is 8.75. The van der Waals surface area contributed by atoms with Crippen molar-refractivity contribution in [1.82, 2.24) is 0 Å². The number of carbonyl (C=O) groups is 2. The molecule has 2 saturated carbocycles. The van der Waals surface area contributed by atoms with E-state index in [-0.39, 0.29) is 35.9 Å². The lowest BCUT2D eigenvalue weighted by Gasteiger charge is -2.55. The molecule has 0 radical (unpaired) electrons. The smallest absolute Gasteiger partial charge is 0.156 e. The number of halogens is 1. The predicted molar refractivity (Wildman–Crippen MR) is 135 cm³/mol. The Balaban J connectivity index is 1.72. The molecule has 5 heteroatoms. The summed E-state index contributed by atoms with van der Waals surface area (Å²) in [6, 6.07) is 8.38. The molecule has 0 heterocycles. The van der Waals surface area contributed by atoms with Crippen LogP contribution in [0.3, 0.4) is 0 Å². The van der Waals surface area contributed by atoms with Gasteiger partial charge < -0.3 is 10.4 Å². The molecule has 35 heavy (non-hydrogen) atoms. The molecular formula is C30H34FNO3. The number of ketones is 2. The number of alkyl halides is 1. The third-order valence-corrected chi connectivity index (χ3v) is 9.53. The first-order chi connectivity index (χ1) is 16.8. The fourth-order valence-electron chi connectivity index (χ4n) is 7.90. The topological polar surface area (TPSA) is 66.4 Å². The SMILES string of the molecule is CNc1ccc([C@H]2C[C@@]3(C)[C@@H](CC[C@]3(C#CCO)C(C)=O)[C@@H]3CC(F)C4=CC(=O)CCC4=C32)cc1. The Morgan fingerprint density at radius 2 is 2.00 bits per heavy atom. The third kappa shape index (κ3) is 3.52. The predicted octanol–water partition coefficient (Wildman–Crippen LogP) is 5.15. The van der Waals surface area contributed by atoms with Gasteiger partial charge >= 0.3 is 0 Å². The highest BCUT2D eigenvalue weighted by atomic mass is 19.1. The summed E-state index contributed by atoms with van der Waals surface area (Å²) in [6.45, 7) is 3.52. The van der Waals surface area contributed by atoms with Crippen molar-refractivity contribution in [2.75, 3.05) is 19.0 Å². The van der Waals surface area contributed by atoms with Crippen LogP contribution in [0.2, 0.25) is 0 Å². The first-order valence-corrected chi connectivity index (χ1v) is 12.8. The lowest BCUT2D eigenvalue weighted by Crippen LogP contribution is -2.51. The Hall–Kier alpha value is -2.71. The molecule has 4 aliphatic rings. The van der Waals surface area contributed by atoms with E-state index in [0.717, 1.165) is 29.7 Å². The van der Waals surface area contributed by atoms with Crippen LogP contribution in [0.4, 0.5) is 10.1 Å². The van der Waals surface area contributed by atoms with Gasteiger partial charge in [0.15, 0.2) is 5.78 Å². The molecular weight excluding hydrogens is 441 g/mol. The summed E-state index contributed by atoms with van der Waals surface area (Å²) in [6.07, 6.45) is 3.94. The molecule has 5 rings (SSSR count). The number of hydrogen-bond acceptors (Lipinski definition) is 4. The summed E-state index contributed by atoms with van der Waals surface area (Å²) in [7, 11) is 1.89. The first kappa shape index (κ1) is 24.0. The number of aliphatic hydroxyl groups excluding tert-OH is 1. The molecule has 0 bridgehead atoms. The summed E-state index contributed by atoms with van der Waals surface area (Å²) in [5.41, 5.74) is 3.81. The Bertz CT molecular complexity index is 1190. The minimum absolute atomic E-state index is 0.00947. The van der Waals surface area contributed by atoms with Crippen LogP contribution >= 0.6 is 0 Å². The van der Waals surface area contributed by atoms with Crippen LogP contribution < -0.4 is 5.32 Å². The summed E-state index contributed by atoms with van der Waals surface area (Å²) in [5, 5.41) is 12.6. The van der Waals surface area contributed by atoms with E-state index in [0.29, 0.717) is 31.3 Å². The van der Waals surface area contributed by atoms with Crippen molar-refractivity contribution in [3.05, 3.63) is 52.6 Å². The molecule has 0 aliphatic heterocycles. The van der Waals surface area contributed by atoms with Crippen LogP contribution in [0, 0.1) is 34.5 Å². The van der Waals surface area contributed by atoms with Crippen molar-refractivity contribution in [3.8, 4) is 11.8 Å². The zero-order valence-corrected chi connectivity index (χ0v) is 20.8. The van der Waals surface area contributed by atoms with Gasteiger partial charge in [-0.05, 0) is 91.2 Å². The molecule has 1 aromatic carbocycles. The summed E-state index contributed by atoms with van der Waals surface area (Å²) in [4.78, 5) is 25.4. The Morgan fingerprint density at radius 1 is 1.26 bits per heavy atom. The van der Waals surface area contributed by atoms with E-state index in [1.807, 2.05) is 7.05 Å². The van der Waals surface area contributed by atoms with Gasteiger partial charge in [0.05, 0.1) is 5.41 Å². The molecule has 4 nitrogen and oxygen atoms in total. The molecule has 1 aromatic rings. The van der Waals surface area contributed by atoms with Crippen LogP contribution in [0.25, 0.3) is 0 Å². The van der Waals surface area contributed by atoms with Crippen LogP contribution in [-0.4, -0.2) is 36.5 Å². The number of Topliss-reactive ketones (excluding diaryl/α,β-unsaturated/α-hetero) is 1. The minimum Gasteiger partial charge on any atom is -0.388 e. The van der Waals surface area contributed by atoms with Gasteiger partial charge in [-0.25, -0.2) is 4.39 Å². The molecule has 0 spiro atoms. The second-order valence-electron chi connectivity index (χ2n) is 10.9. The number of hydrogen-bond donors (Lipinski definition) is 2. The molecule has 184 valence electrons. The van der Waals surface area contributed by atoms with Crippen molar-refractivity contribution in [2.24, 2.45) is 22.7 Å². The molecule has 4 aliphatic carbocycles. The molecule has 2 N–H and O–H groups in total. The van der Waals surface area contributed by atoms with Crippen molar-refractivity contribution in [1.29, 1.82) is 0 Å². The van der Waals surface area contributed by atoms with Gasteiger partial charge in [-0.2, -0.15) is 0 Å². The maximum Gasteiger partial charge on any atom is 0.156 e. The van der Waals surface area contributed by atoms with E-state index < -0.39 is 17.0 Å². The van der Waals surface area contributed by atoms with Gasteiger partial charge in [0.1, 0.15) is 18.6 Å². The summed E-state index contributed by atoms with van der Waals surface area (Å²) in [5.74, 6) is 6.25. The Morgan fingerprint density at radius 3 is 2.66 bits per heavy atom. The van der Waals surface area contributed by atoms with Gasteiger partial charge in [0.2, 0.25) is 0 Å². The zero-order chi connectivity index (χ0) is 25.0. The normalized spacial score (nSPS) is 35.8. The fourth-order valence-corrected chi connectivity index (χ4v) is 7.90. The number of allylic oxidation sites excluding steroid dienone is 4. The van der Waals surface area contributed by atoms with Crippen LogP contribution in [0.5, 0.6) is 0 Å². The highest BCUT2D eigenvalue weighted by molar-refractivity contribution is 5.93. The van der Waals surface area contributed by atoms with E-state index in [1.165, 1.54) is 5.57 Å². The number of rotatable bonds is 3. The Labute approximate surface area is 207 Å². The number of aliphatic hydroxyl groups is 1. The maximum atomic E-state index is 15.6. The average Bonchev–Trinajstić information content (AvgIpc) is 3.15. The lowest BCUT2D eigenvalue weighted by molar-refractivity contribution is -0.130. The highest BCUT2D eigenvalue weighted by Crippen LogP contribution is 2.69. The van der Waals surface area contributed by atoms with E-state index >= 15 is 4.39 Å². The third-order valence-electron chi connectivity index (χ3n) is 9.53. The zero-order valence-electron chi connectivity index (χ0n) is 20.8. The van der Waals surface area contributed by atoms with Gasteiger partial charge in [-0.3, -0.25) is 9.59 Å².